The first-order valence-electron chi connectivity index (χ1n) is 8.47. The first-order chi connectivity index (χ1) is 11.4. The average molecular weight is 328 g/mol. The van der Waals surface area contributed by atoms with E-state index in [-0.39, 0.29) is 18.3 Å². The number of methoxy groups -OCH3 is 1. The molecular formula is C20H24O4. The first-order valence-corrected chi connectivity index (χ1v) is 8.47. The molecule has 4 nitrogen and oxygen atoms in total. The molecule has 1 aromatic rings. The van der Waals surface area contributed by atoms with Gasteiger partial charge in [-0.2, -0.15) is 0 Å². The molecule has 1 aromatic carbocycles. The fourth-order valence-electron chi connectivity index (χ4n) is 3.78. The van der Waals surface area contributed by atoms with Gasteiger partial charge in [0.1, 0.15) is 6.10 Å². The molecule has 1 heterocycles. The summed E-state index contributed by atoms with van der Waals surface area (Å²) in [6, 6.07) is 3.95. The van der Waals surface area contributed by atoms with Crippen molar-refractivity contribution < 1.29 is 19.1 Å². The van der Waals surface area contributed by atoms with Crippen molar-refractivity contribution in [3.8, 4) is 0 Å². The predicted molar refractivity (Wildman–Crippen MR) is 91.0 cm³/mol. The Labute approximate surface area is 142 Å². The summed E-state index contributed by atoms with van der Waals surface area (Å²) < 4.78 is 11.5. The van der Waals surface area contributed by atoms with Gasteiger partial charge in [0, 0.05) is 24.7 Å². The second kappa shape index (κ2) is 6.17. The monoisotopic (exact) mass is 328 g/mol. The summed E-state index contributed by atoms with van der Waals surface area (Å²) in [5.74, 6) is -0.770. The molecule has 1 aliphatic heterocycles. The maximum atomic E-state index is 12.9. The summed E-state index contributed by atoms with van der Waals surface area (Å²) in [5.41, 5.74) is 3.66. The molecule has 0 saturated heterocycles. The quantitative estimate of drug-likeness (QED) is 0.731. The number of carbonyl (C=O) groups excluding carboxylic acids is 2. The molecule has 2 aliphatic rings. The lowest BCUT2D eigenvalue weighted by Crippen LogP contribution is -2.32. The van der Waals surface area contributed by atoms with Gasteiger partial charge in [-0.25, -0.2) is 0 Å². The van der Waals surface area contributed by atoms with Gasteiger partial charge in [0.2, 0.25) is 11.6 Å². The van der Waals surface area contributed by atoms with Gasteiger partial charge < -0.3 is 9.47 Å². The molecule has 1 unspecified atom stereocenters. The van der Waals surface area contributed by atoms with E-state index in [9.17, 15) is 9.59 Å². The lowest BCUT2D eigenvalue weighted by Gasteiger charge is -2.36. The van der Waals surface area contributed by atoms with Crippen LogP contribution in [0.25, 0.3) is 0 Å². The van der Waals surface area contributed by atoms with Crippen molar-refractivity contribution >= 4 is 11.6 Å². The summed E-state index contributed by atoms with van der Waals surface area (Å²) in [4.78, 5) is 25.4. The molecule has 0 radical (unpaired) electrons. The van der Waals surface area contributed by atoms with Crippen LogP contribution in [0.4, 0.5) is 0 Å². The van der Waals surface area contributed by atoms with Crippen LogP contribution in [0.15, 0.2) is 24.0 Å². The Morgan fingerprint density at radius 1 is 1.29 bits per heavy atom. The Balaban J connectivity index is 2.23. The number of ketones is 2. The van der Waals surface area contributed by atoms with Crippen molar-refractivity contribution in [2.75, 3.05) is 7.11 Å². The standard InChI is InChI=1S/C20H24O4/c1-12-10-17(21)19(22)18-14(13(2)24-11-12)7-8-16-15(18)6-5-9-20(16,3)23-4/h7-8,11,13H,5-6,9-10H2,1-4H3/b12-11-/t13?,20-/m0/s1. The van der Waals surface area contributed by atoms with Crippen molar-refractivity contribution in [2.45, 2.75) is 58.2 Å². The van der Waals surface area contributed by atoms with Gasteiger partial charge in [-0.1, -0.05) is 12.1 Å². The highest BCUT2D eigenvalue weighted by molar-refractivity contribution is 6.44. The molecule has 4 heteroatoms. The van der Waals surface area contributed by atoms with E-state index in [0.717, 1.165) is 41.5 Å². The van der Waals surface area contributed by atoms with Crippen LogP contribution in [0.1, 0.15) is 73.2 Å². The summed E-state index contributed by atoms with van der Waals surface area (Å²) >= 11 is 0. The Morgan fingerprint density at radius 2 is 2.04 bits per heavy atom. The van der Waals surface area contributed by atoms with Crippen LogP contribution in [-0.4, -0.2) is 18.7 Å². The minimum absolute atomic E-state index is 0.107. The molecule has 128 valence electrons. The van der Waals surface area contributed by atoms with Crippen molar-refractivity contribution in [1.29, 1.82) is 0 Å². The van der Waals surface area contributed by atoms with E-state index < -0.39 is 11.4 Å². The number of hydrogen-bond acceptors (Lipinski definition) is 4. The molecule has 24 heavy (non-hydrogen) atoms. The molecule has 0 amide bonds. The van der Waals surface area contributed by atoms with Gasteiger partial charge in [-0.05, 0) is 56.7 Å². The van der Waals surface area contributed by atoms with Crippen LogP contribution in [-0.2, 0) is 26.3 Å². The third-order valence-electron chi connectivity index (χ3n) is 5.28. The van der Waals surface area contributed by atoms with Crippen LogP contribution < -0.4 is 0 Å². The largest absolute Gasteiger partial charge is 0.494 e. The van der Waals surface area contributed by atoms with Crippen molar-refractivity contribution in [3.05, 3.63) is 46.2 Å². The van der Waals surface area contributed by atoms with Crippen LogP contribution in [0.5, 0.6) is 0 Å². The van der Waals surface area contributed by atoms with E-state index in [1.165, 1.54) is 0 Å². The molecule has 2 atom stereocenters. The van der Waals surface area contributed by atoms with Crippen LogP contribution >= 0.6 is 0 Å². The van der Waals surface area contributed by atoms with E-state index >= 15 is 0 Å². The molecular weight excluding hydrogens is 304 g/mol. The highest BCUT2D eigenvalue weighted by Gasteiger charge is 2.37. The second-order valence-electron chi connectivity index (χ2n) is 7.02. The highest BCUT2D eigenvalue weighted by Crippen LogP contribution is 2.41. The maximum absolute atomic E-state index is 12.9. The van der Waals surface area contributed by atoms with Gasteiger partial charge in [-0.15, -0.1) is 0 Å². The molecule has 0 spiro atoms. The van der Waals surface area contributed by atoms with Gasteiger partial charge in [0.25, 0.3) is 0 Å². The minimum Gasteiger partial charge on any atom is -0.494 e. The summed E-state index contributed by atoms with van der Waals surface area (Å²) in [5, 5.41) is 0. The van der Waals surface area contributed by atoms with E-state index in [0.29, 0.717) is 5.56 Å². The number of ether oxygens (including phenoxy) is 2. The van der Waals surface area contributed by atoms with Gasteiger partial charge in [0.05, 0.1) is 11.9 Å². The van der Waals surface area contributed by atoms with E-state index in [1.54, 1.807) is 13.4 Å². The predicted octanol–water partition coefficient (Wildman–Crippen LogP) is 4.02. The first kappa shape index (κ1) is 16.9. The van der Waals surface area contributed by atoms with Crippen LogP contribution in [0, 0.1) is 0 Å². The molecule has 0 N–H and O–H groups in total. The molecule has 1 aliphatic carbocycles. The lowest BCUT2D eigenvalue weighted by molar-refractivity contribution is -0.114. The number of benzene rings is 1. The smallest absolute Gasteiger partial charge is 0.229 e. The summed E-state index contributed by atoms with van der Waals surface area (Å²) in [6.07, 6.45) is 4.06. The summed E-state index contributed by atoms with van der Waals surface area (Å²) in [7, 11) is 1.70. The Kier molecular flexibility index (Phi) is 4.35. The van der Waals surface area contributed by atoms with Crippen molar-refractivity contribution in [3.63, 3.8) is 0 Å². The number of allylic oxidation sites excluding steroid dienone is 1. The average Bonchev–Trinajstić information content (AvgIpc) is 2.61. The zero-order chi connectivity index (χ0) is 17.5. The lowest BCUT2D eigenvalue weighted by atomic mass is 9.75. The Morgan fingerprint density at radius 3 is 2.75 bits per heavy atom. The van der Waals surface area contributed by atoms with Crippen molar-refractivity contribution in [2.24, 2.45) is 0 Å². The number of rotatable bonds is 1. The minimum atomic E-state index is -0.414. The van der Waals surface area contributed by atoms with E-state index in [4.69, 9.17) is 9.47 Å². The zero-order valence-electron chi connectivity index (χ0n) is 14.8. The normalized spacial score (nSPS) is 29.3. The topological polar surface area (TPSA) is 52.6 Å². The van der Waals surface area contributed by atoms with E-state index in [2.05, 4.69) is 0 Å². The van der Waals surface area contributed by atoms with Crippen molar-refractivity contribution in [1.82, 2.24) is 0 Å². The fraction of sp³-hybridized carbons (Fsp3) is 0.500. The highest BCUT2D eigenvalue weighted by atomic mass is 16.5. The molecule has 0 saturated carbocycles. The Bertz CT molecular complexity index is 731. The Hall–Kier alpha value is -1.94. The zero-order valence-corrected chi connectivity index (χ0v) is 14.8. The fourth-order valence-corrected chi connectivity index (χ4v) is 3.78. The SMILES string of the molecule is CO[C@@]1(C)CCCc2c1ccc1c2C(=O)C(=O)C/C(C)=C\OC1C. The number of fused-ring (bicyclic) bond motifs is 3. The van der Waals surface area contributed by atoms with Gasteiger partial charge in [-0.3, -0.25) is 9.59 Å². The summed E-state index contributed by atoms with van der Waals surface area (Å²) in [6.45, 7) is 5.77. The number of carbonyl (C=O) groups is 2. The maximum Gasteiger partial charge on any atom is 0.229 e. The molecule has 0 bridgehead atoms. The van der Waals surface area contributed by atoms with Gasteiger partial charge in [0.15, 0.2) is 0 Å². The van der Waals surface area contributed by atoms with E-state index in [1.807, 2.05) is 32.9 Å². The van der Waals surface area contributed by atoms with Gasteiger partial charge >= 0.3 is 0 Å². The van der Waals surface area contributed by atoms with Crippen LogP contribution in [0.2, 0.25) is 0 Å². The third-order valence-corrected chi connectivity index (χ3v) is 5.28. The molecule has 3 rings (SSSR count). The number of Topliss-reactive ketones (excluding diaryl/α,β-unsaturated/α-hetero) is 2. The molecule has 0 fully saturated rings. The van der Waals surface area contributed by atoms with Crippen LogP contribution in [0.3, 0.4) is 0 Å². The second-order valence-corrected chi connectivity index (χ2v) is 7.02. The third kappa shape index (κ3) is 2.69. The molecule has 0 aromatic heterocycles. The number of hydrogen-bond donors (Lipinski definition) is 0.